The van der Waals surface area contributed by atoms with Crippen molar-refractivity contribution in [1.82, 2.24) is 9.55 Å². The Bertz CT molecular complexity index is 1160. The maximum atomic E-state index is 12.8. The average Bonchev–Trinajstić information content (AvgIpc) is 2.76. The molecule has 31 heavy (non-hydrogen) atoms. The number of para-hydroxylation sites is 2. The van der Waals surface area contributed by atoms with E-state index in [0.717, 1.165) is 13.0 Å². The molecule has 1 aliphatic rings. The van der Waals surface area contributed by atoms with Crippen LogP contribution in [0.15, 0.2) is 59.4 Å². The minimum absolute atomic E-state index is 0.125. The molecule has 0 atom stereocenters. The van der Waals surface area contributed by atoms with Crippen LogP contribution in [0.3, 0.4) is 0 Å². The van der Waals surface area contributed by atoms with Crippen molar-refractivity contribution in [2.24, 2.45) is 0 Å². The van der Waals surface area contributed by atoms with Crippen LogP contribution in [0.25, 0.3) is 0 Å². The summed E-state index contributed by atoms with van der Waals surface area (Å²) >= 11 is 0. The Labute approximate surface area is 181 Å². The SMILES string of the molecule is CCOc1ccccc1NC(=O)Cn1c(N2CCc3ccccc3C2)nc(C)cc1=O. The van der Waals surface area contributed by atoms with E-state index in [1.807, 2.05) is 31.2 Å². The molecular formula is C24H26N4O3. The Morgan fingerprint density at radius 1 is 1.13 bits per heavy atom. The van der Waals surface area contributed by atoms with Crippen molar-refractivity contribution >= 4 is 17.5 Å². The van der Waals surface area contributed by atoms with Crippen LogP contribution in [-0.4, -0.2) is 28.6 Å². The lowest BCUT2D eigenvalue weighted by molar-refractivity contribution is -0.116. The van der Waals surface area contributed by atoms with Crippen molar-refractivity contribution in [2.45, 2.75) is 33.4 Å². The second-order valence-electron chi connectivity index (χ2n) is 7.54. The summed E-state index contributed by atoms with van der Waals surface area (Å²) < 4.78 is 7.02. The van der Waals surface area contributed by atoms with Gasteiger partial charge in [-0.05, 0) is 43.5 Å². The first-order valence-electron chi connectivity index (χ1n) is 10.5. The first-order chi connectivity index (χ1) is 15.0. The van der Waals surface area contributed by atoms with Crippen LogP contribution in [-0.2, 0) is 24.3 Å². The first kappa shape index (κ1) is 20.7. The summed E-state index contributed by atoms with van der Waals surface area (Å²) in [6.45, 7) is 5.45. The number of aromatic nitrogens is 2. The number of hydrogen-bond acceptors (Lipinski definition) is 5. The minimum atomic E-state index is -0.307. The zero-order valence-electron chi connectivity index (χ0n) is 17.8. The summed E-state index contributed by atoms with van der Waals surface area (Å²) in [5.41, 5.74) is 3.50. The lowest BCUT2D eigenvalue weighted by Gasteiger charge is -2.31. The highest BCUT2D eigenvalue weighted by molar-refractivity contribution is 5.92. The predicted octanol–water partition coefficient (Wildman–Crippen LogP) is 3.15. The number of fused-ring (bicyclic) bond motifs is 1. The van der Waals surface area contributed by atoms with Crippen LogP contribution >= 0.6 is 0 Å². The van der Waals surface area contributed by atoms with Gasteiger partial charge in [0, 0.05) is 24.8 Å². The highest BCUT2D eigenvalue weighted by Gasteiger charge is 2.22. The Kier molecular flexibility index (Phi) is 6.02. The van der Waals surface area contributed by atoms with Crippen LogP contribution in [0.4, 0.5) is 11.6 Å². The topological polar surface area (TPSA) is 76.5 Å². The number of ether oxygens (including phenoxy) is 1. The van der Waals surface area contributed by atoms with Crippen LogP contribution in [0.5, 0.6) is 5.75 Å². The fourth-order valence-electron chi connectivity index (χ4n) is 3.85. The Balaban J connectivity index is 1.59. The number of hydrogen-bond donors (Lipinski definition) is 1. The van der Waals surface area contributed by atoms with Gasteiger partial charge >= 0.3 is 0 Å². The third kappa shape index (κ3) is 4.60. The molecule has 7 heteroatoms. The van der Waals surface area contributed by atoms with Gasteiger partial charge in [-0.2, -0.15) is 0 Å². The van der Waals surface area contributed by atoms with Crippen molar-refractivity contribution in [3.05, 3.63) is 81.8 Å². The van der Waals surface area contributed by atoms with Gasteiger partial charge in [-0.15, -0.1) is 0 Å². The quantitative estimate of drug-likeness (QED) is 0.666. The van der Waals surface area contributed by atoms with Crippen LogP contribution < -0.4 is 20.5 Å². The molecule has 0 unspecified atom stereocenters. The monoisotopic (exact) mass is 418 g/mol. The van der Waals surface area contributed by atoms with Gasteiger partial charge in [-0.25, -0.2) is 4.98 Å². The van der Waals surface area contributed by atoms with Gasteiger partial charge in [0.25, 0.3) is 5.56 Å². The lowest BCUT2D eigenvalue weighted by Crippen LogP contribution is -2.38. The molecule has 0 aliphatic carbocycles. The van der Waals surface area contributed by atoms with E-state index in [1.165, 1.54) is 21.8 Å². The number of carbonyl (C=O) groups excluding carboxylic acids is 1. The zero-order chi connectivity index (χ0) is 21.8. The predicted molar refractivity (Wildman–Crippen MR) is 121 cm³/mol. The standard InChI is InChI=1S/C24H26N4O3/c1-3-31-21-11-7-6-10-20(21)26-22(29)16-28-23(30)14-17(2)25-24(28)27-13-12-18-8-4-5-9-19(18)15-27/h4-11,14H,3,12-13,15-16H2,1-2H3,(H,26,29). The second-order valence-corrected chi connectivity index (χ2v) is 7.54. The van der Waals surface area contributed by atoms with Gasteiger partial charge in [0.05, 0.1) is 12.3 Å². The molecule has 1 N–H and O–H groups in total. The number of carbonyl (C=O) groups is 1. The number of rotatable bonds is 6. The van der Waals surface area contributed by atoms with Crippen molar-refractivity contribution < 1.29 is 9.53 Å². The van der Waals surface area contributed by atoms with Crippen LogP contribution in [0, 0.1) is 6.92 Å². The Morgan fingerprint density at radius 3 is 2.68 bits per heavy atom. The minimum Gasteiger partial charge on any atom is -0.492 e. The van der Waals surface area contributed by atoms with Crippen molar-refractivity contribution in [3.63, 3.8) is 0 Å². The molecule has 3 aromatic rings. The highest BCUT2D eigenvalue weighted by atomic mass is 16.5. The van der Waals surface area contributed by atoms with Crippen molar-refractivity contribution in [2.75, 3.05) is 23.4 Å². The lowest BCUT2D eigenvalue weighted by atomic mass is 10.0. The fraction of sp³-hybridized carbons (Fsp3) is 0.292. The molecule has 0 spiro atoms. The molecular weight excluding hydrogens is 392 g/mol. The number of nitrogens with one attached hydrogen (secondary N) is 1. The van der Waals surface area contributed by atoms with Gasteiger partial charge in [0.2, 0.25) is 11.9 Å². The molecule has 160 valence electrons. The van der Waals surface area contributed by atoms with E-state index in [2.05, 4.69) is 27.3 Å². The van der Waals surface area contributed by atoms with Gasteiger partial charge in [0.1, 0.15) is 12.3 Å². The van der Waals surface area contributed by atoms with E-state index in [1.54, 1.807) is 19.1 Å². The zero-order valence-corrected chi connectivity index (χ0v) is 17.8. The van der Waals surface area contributed by atoms with Crippen molar-refractivity contribution in [1.29, 1.82) is 0 Å². The van der Waals surface area contributed by atoms with Crippen LogP contribution in [0.2, 0.25) is 0 Å². The summed E-state index contributed by atoms with van der Waals surface area (Å²) in [6.07, 6.45) is 0.869. The Morgan fingerprint density at radius 2 is 1.87 bits per heavy atom. The average molecular weight is 418 g/mol. The molecule has 1 aliphatic heterocycles. The largest absolute Gasteiger partial charge is 0.492 e. The number of amides is 1. The highest BCUT2D eigenvalue weighted by Crippen LogP contribution is 2.25. The van der Waals surface area contributed by atoms with Gasteiger partial charge in [-0.1, -0.05) is 36.4 Å². The summed E-state index contributed by atoms with van der Waals surface area (Å²) in [6, 6.07) is 17.0. The third-order valence-corrected chi connectivity index (χ3v) is 5.29. The maximum Gasteiger partial charge on any atom is 0.255 e. The maximum absolute atomic E-state index is 12.8. The molecule has 2 aromatic carbocycles. The smallest absolute Gasteiger partial charge is 0.255 e. The molecule has 2 heterocycles. The molecule has 1 aromatic heterocycles. The number of nitrogens with zero attached hydrogens (tertiary/aromatic N) is 3. The van der Waals surface area contributed by atoms with Crippen LogP contribution in [0.1, 0.15) is 23.7 Å². The van der Waals surface area contributed by atoms with Gasteiger partial charge < -0.3 is 15.0 Å². The van der Waals surface area contributed by atoms with E-state index in [9.17, 15) is 9.59 Å². The summed E-state index contributed by atoms with van der Waals surface area (Å²) in [5, 5.41) is 2.86. The fourth-order valence-corrected chi connectivity index (χ4v) is 3.85. The summed E-state index contributed by atoms with van der Waals surface area (Å²) in [4.78, 5) is 32.3. The van der Waals surface area contributed by atoms with E-state index in [4.69, 9.17) is 4.74 Å². The molecule has 0 bridgehead atoms. The summed E-state index contributed by atoms with van der Waals surface area (Å²) in [7, 11) is 0. The number of anilines is 2. The normalized spacial score (nSPS) is 12.9. The molecule has 0 radical (unpaired) electrons. The van der Waals surface area contributed by atoms with E-state index in [0.29, 0.717) is 36.2 Å². The van der Waals surface area contributed by atoms with E-state index >= 15 is 0 Å². The van der Waals surface area contributed by atoms with Crippen molar-refractivity contribution in [3.8, 4) is 5.75 Å². The molecule has 4 rings (SSSR count). The molecule has 0 fully saturated rings. The number of aryl methyl sites for hydroxylation is 1. The van der Waals surface area contributed by atoms with Gasteiger partial charge in [0.15, 0.2) is 0 Å². The third-order valence-electron chi connectivity index (χ3n) is 5.29. The molecule has 1 amide bonds. The van der Waals surface area contributed by atoms with E-state index in [-0.39, 0.29) is 18.0 Å². The Hall–Kier alpha value is -3.61. The summed E-state index contributed by atoms with van der Waals surface area (Å²) in [5.74, 6) is 0.812. The van der Waals surface area contributed by atoms with E-state index < -0.39 is 0 Å². The molecule has 7 nitrogen and oxygen atoms in total. The molecule has 0 saturated carbocycles. The van der Waals surface area contributed by atoms with Gasteiger partial charge in [-0.3, -0.25) is 14.2 Å². The number of benzene rings is 2. The molecule has 0 saturated heterocycles. The second kappa shape index (κ2) is 9.04. The first-order valence-corrected chi connectivity index (χ1v) is 10.5.